The first-order valence-corrected chi connectivity index (χ1v) is 8.75. The second-order valence-corrected chi connectivity index (χ2v) is 7.42. The van der Waals surface area contributed by atoms with E-state index in [1.54, 1.807) is 0 Å². The minimum atomic E-state index is -0.0846. The summed E-state index contributed by atoms with van der Waals surface area (Å²) in [5, 5.41) is 13.5. The Hall–Kier alpha value is -0.160. The summed E-state index contributed by atoms with van der Waals surface area (Å²) in [6.07, 6.45) is 8.70. The average molecular weight is 298 g/mol. The monoisotopic (exact) mass is 298 g/mol. The lowest BCUT2D eigenvalue weighted by molar-refractivity contribution is -0.0184. The SMILES string of the molecule is CC(C)NC1(CO)CCCC(N(C)CC2CCCCO2)C1. The summed E-state index contributed by atoms with van der Waals surface area (Å²) in [6.45, 7) is 6.54. The molecule has 0 amide bonds. The molecule has 2 fully saturated rings. The maximum Gasteiger partial charge on any atom is 0.0702 e. The van der Waals surface area contributed by atoms with Crippen LogP contribution in [0.5, 0.6) is 0 Å². The second-order valence-electron chi connectivity index (χ2n) is 7.42. The molecule has 2 aliphatic rings. The van der Waals surface area contributed by atoms with Crippen molar-refractivity contribution in [3.05, 3.63) is 0 Å². The number of ether oxygens (including phenoxy) is 1. The highest BCUT2D eigenvalue weighted by Gasteiger charge is 2.37. The zero-order chi connectivity index (χ0) is 15.3. The summed E-state index contributed by atoms with van der Waals surface area (Å²) in [5.41, 5.74) is -0.0846. The summed E-state index contributed by atoms with van der Waals surface area (Å²) in [7, 11) is 2.23. The Morgan fingerprint density at radius 1 is 1.29 bits per heavy atom. The van der Waals surface area contributed by atoms with Gasteiger partial charge < -0.3 is 20.1 Å². The van der Waals surface area contributed by atoms with E-state index in [9.17, 15) is 5.11 Å². The van der Waals surface area contributed by atoms with Crippen molar-refractivity contribution in [3.8, 4) is 0 Å². The van der Waals surface area contributed by atoms with Crippen LogP contribution in [0.3, 0.4) is 0 Å². The molecule has 2 N–H and O–H groups in total. The van der Waals surface area contributed by atoms with Gasteiger partial charge in [-0.1, -0.05) is 13.8 Å². The summed E-state index contributed by atoms with van der Waals surface area (Å²) in [6, 6.07) is 0.977. The standard InChI is InChI=1S/C17H34N2O2/c1-14(2)18-17(13-20)9-6-7-15(11-17)19(3)12-16-8-4-5-10-21-16/h14-16,18,20H,4-13H2,1-3H3. The van der Waals surface area contributed by atoms with Crippen LogP contribution < -0.4 is 5.32 Å². The molecule has 0 radical (unpaired) electrons. The number of nitrogens with zero attached hydrogens (tertiary/aromatic N) is 1. The summed E-state index contributed by atoms with van der Waals surface area (Å²) < 4.78 is 5.88. The molecule has 1 heterocycles. The van der Waals surface area contributed by atoms with Crippen molar-refractivity contribution in [2.45, 2.75) is 82.5 Å². The normalized spacial score (nSPS) is 34.6. The molecule has 1 saturated heterocycles. The van der Waals surface area contributed by atoms with Gasteiger partial charge >= 0.3 is 0 Å². The molecule has 124 valence electrons. The van der Waals surface area contributed by atoms with E-state index in [0.29, 0.717) is 18.2 Å². The highest BCUT2D eigenvalue weighted by molar-refractivity contribution is 4.97. The fraction of sp³-hybridized carbons (Fsp3) is 1.00. The van der Waals surface area contributed by atoms with Gasteiger partial charge in [0.05, 0.1) is 12.7 Å². The first-order valence-electron chi connectivity index (χ1n) is 8.75. The van der Waals surface area contributed by atoms with Crippen molar-refractivity contribution in [1.82, 2.24) is 10.2 Å². The molecule has 0 spiro atoms. The lowest BCUT2D eigenvalue weighted by Crippen LogP contribution is -2.57. The predicted octanol–water partition coefficient (Wildman–Crippen LogP) is 2.16. The van der Waals surface area contributed by atoms with E-state index in [1.807, 2.05) is 0 Å². The Labute approximate surface area is 130 Å². The fourth-order valence-corrected chi connectivity index (χ4v) is 4.06. The summed E-state index contributed by atoms with van der Waals surface area (Å²) in [5.74, 6) is 0. The Kier molecular flexibility index (Phi) is 6.48. The topological polar surface area (TPSA) is 44.7 Å². The van der Waals surface area contributed by atoms with E-state index in [1.165, 1.54) is 32.1 Å². The zero-order valence-electron chi connectivity index (χ0n) is 14.1. The van der Waals surface area contributed by atoms with Crippen molar-refractivity contribution in [2.24, 2.45) is 0 Å². The van der Waals surface area contributed by atoms with Crippen molar-refractivity contribution >= 4 is 0 Å². The third-order valence-electron chi connectivity index (χ3n) is 5.11. The van der Waals surface area contributed by atoms with Crippen LogP contribution in [0, 0.1) is 0 Å². The minimum absolute atomic E-state index is 0.0846. The molecule has 21 heavy (non-hydrogen) atoms. The number of likely N-dealkylation sites (N-methyl/N-ethyl adjacent to an activating group) is 1. The fourth-order valence-electron chi connectivity index (χ4n) is 4.06. The lowest BCUT2D eigenvalue weighted by atomic mass is 9.78. The van der Waals surface area contributed by atoms with Crippen LogP contribution in [0.25, 0.3) is 0 Å². The van der Waals surface area contributed by atoms with Crippen molar-refractivity contribution < 1.29 is 9.84 Å². The third-order valence-corrected chi connectivity index (χ3v) is 5.11. The highest BCUT2D eigenvalue weighted by atomic mass is 16.5. The molecule has 1 aliphatic carbocycles. The van der Waals surface area contributed by atoms with Gasteiger partial charge in [0.15, 0.2) is 0 Å². The molecule has 1 saturated carbocycles. The average Bonchev–Trinajstić information content (AvgIpc) is 2.48. The smallest absolute Gasteiger partial charge is 0.0702 e. The van der Waals surface area contributed by atoms with Crippen LogP contribution in [0.15, 0.2) is 0 Å². The van der Waals surface area contributed by atoms with E-state index < -0.39 is 0 Å². The van der Waals surface area contributed by atoms with Gasteiger partial charge in [-0.3, -0.25) is 0 Å². The van der Waals surface area contributed by atoms with E-state index in [2.05, 4.69) is 31.1 Å². The number of hydrogen-bond donors (Lipinski definition) is 2. The van der Waals surface area contributed by atoms with Crippen LogP contribution in [0.4, 0.5) is 0 Å². The van der Waals surface area contributed by atoms with Gasteiger partial charge in [0, 0.05) is 30.8 Å². The molecular formula is C17H34N2O2. The maximum absolute atomic E-state index is 9.91. The quantitative estimate of drug-likeness (QED) is 0.789. The predicted molar refractivity (Wildman–Crippen MR) is 86.6 cm³/mol. The van der Waals surface area contributed by atoms with Gasteiger partial charge in [0.1, 0.15) is 0 Å². The van der Waals surface area contributed by atoms with Crippen molar-refractivity contribution in [2.75, 3.05) is 26.8 Å². The van der Waals surface area contributed by atoms with E-state index in [-0.39, 0.29) is 12.1 Å². The van der Waals surface area contributed by atoms with Gasteiger partial charge in [-0.15, -0.1) is 0 Å². The first-order chi connectivity index (χ1) is 10.0. The molecule has 0 bridgehead atoms. The Balaban J connectivity index is 1.89. The molecule has 3 unspecified atom stereocenters. The van der Waals surface area contributed by atoms with Gasteiger partial charge in [0.2, 0.25) is 0 Å². The number of nitrogens with one attached hydrogen (secondary N) is 1. The van der Waals surface area contributed by atoms with Crippen LogP contribution in [-0.4, -0.2) is 60.5 Å². The summed E-state index contributed by atoms with van der Waals surface area (Å²) in [4.78, 5) is 2.47. The molecular weight excluding hydrogens is 264 g/mol. The number of rotatable bonds is 6. The molecule has 4 heteroatoms. The Morgan fingerprint density at radius 2 is 2.10 bits per heavy atom. The minimum Gasteiger partial charge on any atom is -0.394 e. The molecule has 0 aromatic rings. The van der Waals surface area contributed by atoms with Crippen molar-refractivity contribution in [1.29, 1.82) is 0 Å². The Morgan fingerprint density at radius 3 is 2.71 bits per heavy atom. The van der Waals surface area contributed by atoms with Crippen LogP contribution in [0.1, 0.15) is 58.8 Å². The lowest BCUT2D eigenvalue weighted by Gasteiger charge is -2.45. The number of hydrogen-bond acceptors (Lipinski definition) is 4. The largest absolute Gasteiger partial charge is 0.394 e. The van der Waals surface area contributed by atoms with Crippen LogP contribution in [-0.2, 0) is 4.74 Å². The number of aliphatic hydroxyl groups is 1. The van der Waals surface area contributed by atoms with Crippen LogP contribution >= 0.6 is 0 Å². The summed E-state index contributed by atoms with van der Waals surface area (Å²) >= 11 is 0. The Bertz CT molecular complexity index is 305. The zero-order valence-corrected chi connectivity index (χ0v) is 14.1. The first kappa shape index (κ1) is 17.2. The maximum atomic E-state index is 9.91. The van der Waals surface area contributed by atoms with E-state index >= 15 is 0 Å². The van der Waals surface area contributed by atoms with Gasteiger partial charge in [0.25, 0.3) is 0 Å². The molecule has 0 aromatic heterocycles. The van der Waals surface area contributed by atoms with Gasteiger partial charge in [-0.2, -0.15) is 0 Å². The third kappa shape index (κ3) is 4.92. The molecule has 0 aromatic carbocycles. The van der Waals surface area contributed by atoms with E-state index in [4.69, 9.17) is 4.74 Å². The van der Waals surface area contributed by atoms with Gasteiger partial charge in [-0.05, 0) is 52.0 Å². The van der Waals surface area contributed by atoms with Crippen molar-refractivity contribution in [3.63, 3.8) is 0 Å². The second kappa shape index (κ2) is 7.91. The van der Waals surface area contributed by atoms with Gasteiger partial charge in [-0.25, -0.2) is 0 Å². The molecule has 2 rings (SSSR count). The molecule has 4 nitrogen and oxygen atoms in total. The highest BCUT2D eigenvalue weighted by Crippen LogP contribution is 2.31. The molecule has 3 atom stereocenters. The number of aliphatic hydroxyl groups excluding tert-OH is 1. The van der Waals surface area contributed by atoms with E-state index in [0.717, 1.165) is 26.0 Å². The molecule has 1 aliphatic heterocycles. The van der Waals surface area contributed by atoms with Crippen LogP contribution in [0.2, 0.25) is 0 Å².